The molecule has 2 aromatic rings. The molecule has 0 amide bonds. The van der Waals surface area contributed by atoms with Gasteiger partial charge in [-0.25, -0.2) is 4.79 Å². The Morgan fingerprint density at radius 2 is 1.90 bits per heavy atom. The molecule has 6 heteroatoms. The molecule has 1 aromatic heterocycles. The lowest BCUT2D eigenvalue weighted by atomic mass is 10.2. The largest absolute Gasteiger partial charge is 0.456 e. The van der Waals surface area contributed by atoms with Crippen LogP contribution in [0.2, 0.25) is 0 Å². The number of ether oxygens (including phenoxy) is 1. The van der Waals surface area contributed by atoms with Crippen molar-refractivity contribution in [2.24, 2.45) is 7.05 Å². The first-order chi connectivity index (χ1) is 9.49. The number of nitrogen functional groups attached to an aromatic ring is 2. The number of hydrogen-bond acceptors (Lipinski definition) is 5. The molecule has 0 unspecified atom stereocenters. The van der Waals surface area contributed by atoms with Crippen molar-refractivity contribution in [2.75, 3.05) is 11.5 Å². The molecule has 20 heavy (non-hydrogen) atoms. The molecule has 0 saturated carbocycles. The number of hydrogen-bond donors (Lipinski definition) is 2. The summed E-state index contributed by atoms with van der Waals surface area (Å²) in [5.74, 6) is -0.455. The predicted molar refractivity (Wildman–Crippen MR) is 77.0 cm³/mol. The van der Waals surface area contributed by atoms with Gasteiger partial charge in [-0.3, -0.25) is 4.68 Å². The summed E-state index contributed by atoms with van der Waals surface area (Å²) in [5, 5.41) is 4.29. The van der Waals surface area contributed by atoms with Crippen LogP contribution in [0.3, 0.4) is 0 Å². The molecule has 1 aromatic carbocycles. The summed E-state index contributed by atoms with van der Waals surface area (Å²) in [7, 11) is 1.82. The first kappa shape index (κ1) is 13.9. The van der Waals surface area contributed by atoms with Crippen LogP contribution in [-0.4, -0.2) is 15.7 Å². The normalized spacial score (nSPS) is 10.5. The van der Waals surface area contributed by atoms with E-state index in [1.54, 1.807) is 22.9 Å². The second-order valence-electron chi connectivity index (χ2n) is 4.57. The Labute approximate surface area is 117 Å². The van der Waals surface area contributed by atoms with Crippen molar-refractivity contribution in [3.63, 3.8) is 0 Å². The number of nitrogens with two attached hydrogens (primary N) is 2. The third-order valence-corrected chi connectivity index (χ3v) is 2.95. The molecule has 106 valence electrons. The lowest BCUT2D eigenvalue weighted by Gasteiger charge is -2.06. The van der Waals surface area contributed by atoms with Crippen LogP contribution in [0.1, 0.15) is 28.7 Å². The first-order valence-electron chi connectivity index (χ1n) is 6.34. The van der Waals surface area contributed by atoms with Gasteiger partial charge in [-0.05, 0) is 30.7 Å². The summed E-state index contributed by atoms with van der Waals surface area (Å²) in [6, 6.07) is 6.59. The van der Waals surface area contributed by atoms with Gasteiger partial charge in [-0.15, -0.1) is 0 Å². The molecule has 0 radical (unpaired) electrons. The summed E-state index contributed by atoms with van der Waals surface area (Å²) >= 11 is 0. The fourth-order valence-corrected chi connectivity index (χ4v) is 1.90. The first-order valence-corrected chi connectivity index (χ1v) is 6.34. The molecule has 6 nitrogen and oxygen atoms in total. The molecule has 2 rings (SSSR count). The van der Waals surface area contributed by atoms with Gasteiger partial charge in [0.25, 0.3) is 0 Å². The number of rotatable bonds is 4. The topological polar surface area (TPSA) is 96.2 Å². The number of anilines is 2. The van der Waals surface area contributed by atoms with Crippen molar-refractivity contribution in [2.45, 2.75) is 20.0 Å². The number of carbonyl (C=O) groups excluding carboxylic acids is 1. The number of aryl methyl sites for hydroxylation is 2. The number of nitrogens with zero attached hydrogens (tertiary/aromatic N) is 2. The Bertz CT molecular complexity index is 614. The molecule has 0 fully saturated rings. The second kappa shape index (κ2) is 5.64. The van der Waals surface area contributed by atoms with Crippen LogP contribution in [0.5, 0.6) is 0 Å². The molecule has 0 atom stereocenters. The molecular weight excluding hydrogens is 256 g/mol. The zero-order chi connectivity index (χ0) is 14.7. The quantitative estimate of drug-likeness (QED) is 0.650. The number of esters is 1. The molecule has 4 N–H and O–H groups in total. The van der Waals surface area contributed by atoms with Crippen molar-refractivity contribution in [1.29, 1.82) is 0 Å². The third-order valence-electron chi connectivity index (χ3n) is 2.95. The maximum Gasteiger partial charge on any atom is 0.338 e. The van der Waals surface area contributed by atoms with Crippen LogP contribution >= 0.6 is 0 Å². The average molecular weight is 274 g/mol. The van der Waals surface area contributed by atoms with E-state index < -0.39 is 5.97 Å². The smallest absolute Gasteiger partial charge is 0.338 e. The highest BCUT2D eigenvalue weighted by Gasteiger charge is 2.11. The minimum atomic E-state index is -0.455. The molecule has 0 aliphatic rings. The van der Waals surface area contributed by atoms with E-state index in [0.717, 1.165) is 17.8 Å². The van der Waals surface area contributed by atoms with Crippen LogP contribution in [0, 0.1) is 0 Å². The van der Waals surface area contributed by atoms with E-state index in [1.807, 2.05) is 20.0 Å². The fraction of sp³-hybridized carbons (Fsp3) is 0.286. The van der Waals surface area contributed by atoms with Gasteiger partial charge < -0.3 is 16.2 Å². The summed E-state index contributed by atoms with van der Waals surface area (Å²) in [5.41, 5.74) is 14.3. The summed E-state index contributed by atoms with van der Waals surface area (Å²) in [4.78, 5) is 11.9. The van der Waals surface area contributed by atoms with E-state index in [0.29, 0.717) is 16.9 Å². The SMILES string of the molecule is CCc1cc(COC(=O)c2cc(N)cc(N)c2)n(C)n1. The minimum Gasteiger partial charge on any atom is -0.456 e. The zero-order valence-electron chi connectivity index (χ0n) is 11.6. The highest BCUT2D eigenvalue weighted by Crippen LogP contribution is 2.15. The van der Waals surface area contributed by atoms with E-state index in [-0.39, 0.29) is 6.61 Å². The Morgan fingerprint density at radius 1 is 1.25 bits per heavy atom. The minimum absolute atomic E-state index is 0.164. The van der Waals surface area contributed by atoms with Gasteiger partial charge in [0.2, 0.25) is 0 Å². The molecule has 0 bridgehead atoms. The van der Waals surface area contributed by atoms with Crippen molar-refractivity contribution in [3.05, 3.63) is 41.2 Å². The second-order valence-corrected chi connectivity index (χ2v) is 4.57. The van der Waals surface area contributed by atoms with Crippen molar-refractivity contribution < 1.29 is 9.53 Å². The third kappa shape index (κ3) is 3.09. The zero-order valence-corrected chi connectivity index (χ0v) is 11.6. The van der Waals surface area contributed by atoms with Crippen LogP contribution in [0.15, 0.2) is 24.3 Å². The van der Waals surface area contributed by atoms with Crippen LogP contribution in [0.25, 0.3) is 0 Å². The molecule has 0 spiro atoms. The number of benzene rings is 1. The summed E-state index contributed by atoms with van der Waals surface area (Å²) in [6.45, 7) is 2.19. The summed E-state index contributed by atoms with van der Waals surface area (Å²) < 4.78 is 6.96. The Morgan fingerprint density at radius 3 is 2.45 bits per heavy atom. The molecule has 0 aliphatic heterocycles. The van der Waals surface area contributed by atoms with Crippen LogP contribution < -0.4 is 11.5 Å². The van der Waals surface area contributed by atoms with Crippen LogP contribution in [0.4, 0.5) is 11.4 Å². The van der Waals surface area contributed by atoms with Crippen LogP contribution in [-0.2, 0) is 24.8 Å². The van der Waals surface area contributed by atoms with E-state index in [4.69, 9.17) is 16.2 Å². The van der Waals surface area contributed by atoms with Gasteiger partial charge in [0, 0.05) is 18.4 Å². The van der Waals surface area contributed by atoms with Gasteiger partial charge in [0.1, 0.15) is 6.61 Å². The number of aromatic nitrogens is 2. The van der Waals surface area contributed by atoms with E-state index in [1.165, 1.54) is 0 Å². The Balaban J connectivity index is 2.06. The molecule has 0 aliphatic carbocycles. The summed E-state index contributed by atoms with van der Waals surface area (Å²) in [6.07, 6.45) is 0.841. The maximum atomic E-state index is 11.9. The van der Waals surface area contributed by atoms with E-state index in [9.17, 15) is 4.79 Å². The van der Waals surface area contributed by atoms with Crippen molar-refractivity contribution in [1.82, 2.24) is 9.78 Å². The van der Waals surface area contributed by atoms with E-state index in [2.05, 4.69) is 5.10 Å². The molecule has 0 saturated heterocycles. The van der Waals surface area contributed by atoms with E-state index >= 15 is 0 Å². The van der Waals surface area contributed by atoms with Gasteiger partial charge in [-0.1, -0.05) is 6.92 Å². The van der Waals surface area contributed by atoms with Gasteiger partial charge in [0.15, 0.2) is 0 Å². The van der Waals surface area contributed by atoms with Gasteiger partial charge in [-0.2, -0.15) is 5.10 Å². The fourth-order valence-electron chi connectivity index (χ4n) is 1.90. The van der Waals surface area contributed by atoms with Gasteiger partial charge >= 0.3 is 5.97 Å². The molecule has 1 heterocycles. The van der Waals surface area contributed by atoms with Gasteiger partial charge in [0.05, 0.1) is 17.0 Å². The van der Waals surface area contributed by atoms with Crippen molar-refractivity contribution in [3.8, 4) is 0 Å². The Kier molecular flexibility index (Phi) is 3.93. The maximum absolute atomic E-state index is 11.9. The number of carbonyl (C=O) groups is 1. The standard InChI is InChI=1S/C14H18N4O2/c1-3-12-7-13(18(2)17-12)8-20-14(19)9-4-10(15)6-11(16)5-9/h4-7H,3,8,15-16H2,1-2H3. The molecular formula is C14H18N4O2. The lowest BCUT2D eigenvalue weighted by Crippen LogP contribution is -2.09. The lowest BCUT2D eigenvalue weighted by molar-refractivity contribution is 0.0463. The Hall–Kier alpha value is -2.50. The highest BCUT2D eigenvalue weighted by molar-refractivity contribution is 5.91. The average Bonchev–Trinajstić information content (AvgIpc) is 2.75. The highest BCUT2D eigenvalue weighted by atomic mass is 16.5. The monoisotopic (exact) mass is 274 g/mol. The van der Waals surface area contributed by atoms with Crippen molar-refractivity contribution >= 4 is 17.3 Å². The predicted octanol–water partition coefficient (Wildman–Crippen LogP) is 1.50.